The van der Waals surface area contributed by atoms with E-state index >= 15 is 0 Å². The van der Waals surface area contributed by atoms with Gasteiger partial charge in [0.25, 0.3) is 11.6 Å². The molecule has 1 N–H and O–H groups in total. The van der Waals surface area contributed by atoms with Crippen LogP contribution in [0.4, 0.5) is 11.4 Å². The first-order valence-corrected chi connectivity index (χ1v) is 9.95. The topological polar surface area (TPSA) is 105 Å². The molecule has 0 aromatic heterocycles. The van der Waals surface area contributed by atoms with Crippen LogP contribution < -0.4 is 10.1 Å². The zero-order valence-electron chi connectivity index (χ0n) is 16.4. The van der Waals surface area contributed by atoms with Crippen molar-refractivity contribution in [2.45, 2.75) is 6.61 Å². The monoisotopic (exact) mass is 467 g/mol. The number of non-ortho nitro benzene ring substituents is 1. The van der Waals surface area contributed by atoms with Crippen molar-refractivity contribution in [2.75, 3.05) is 5.32 Å². The van der Waals surface area contributed by atoms with Crippen molar-refractivity contribution in [1.82, 2.24) is 0 Å². The van der Waals surface area contributed by atoms with E-state index in [1.807, 2.05) is 6.07 Å². The van der Waals surface area contributed by atoms with E-state index in [0.717, 1.165) is 5.56 Å². The summed E-state index contributed by atoms with van der Waals surface area (Å²) in [7, 11) is 0. The van der Waals surface area contributed by atoms with Crippen LogP contribution in [0.2, 0.25) is 10.0 Å². The van der Waals surface area contributed by atoms with E-state index in [4.69, 9.17) is 27.9 Å². The number of nitrogens with zero attached hydrogens (tertiary/aromatic N) is 2. The van der Waals surface area contributed by atoms with Crippen molar-refractivity contribution in [3.05, 3.63) is 104 Å². The van der Waals surface area contributed by atoms with Crippen LogP contribution in [0.15, 0.2) is 72.3 Å². The van der Waals surface area contributed by atoms with Crippen molar-refractivity contribution < 1.29 is 14.5 Å². The molecule has 3 rings (SSSR count). The first kappa shape index (κ1) is 22.8. The molecule has 3 aromatic rings. The molecule has 9 heteroatoms. The summed E-state index contributed by atoms with van der Waals surface area (Å²) in [5, 5.41) is 23.7. The number of benzene rings is 3. The summed E-state index contributed by atoms with van der Waals surface area (Å²) in [4.78, 5) is 22.7. The smallest absolute Gasteiger partial charge is 0.271 e. The lowest BCUT2D eigenvalue weighted by Gasteiger charge is -2.08. The van der Waals surface area contributed by atoms with Gasteiger partial charge in [-0.05, 0) is 42.0 Å². The van der Waals surface area contributed by atoms with Crippen LogP contribution in [-0.2, 0) is 11.4 Å². The average Bonchev–Trinajstić information content (AvgIpc) is 2.77. The summed E-state index contributed by atoms with van der Waals surface area (Å²) in [6.07, 6.45) is 1.41. The molecule has 7 nitrogen and oxygen atoms in total. The normalized spacial score (nSPS) is 10.8. The molecule has 160 valence electrons. The fourth-order valence-corrected chi connectivity index (χ4v) is 3.13. The summed E-state index contributed by atoms with van der Waals surface area (Å²) in [6.45, 7) is 0.250. The molecule has 0 saturated heterocycles. The van der Waals surface area contributed by atoms with Crippen molar-refractivity contribution in [3.8, 4) is 11.8 Å². The second kappa shape index (κ2) is 10.4. The molecule has 0 radical (unpaired) electrons. The summed E-state index contributed by atoms with van der Waals surface area (Å²) in [5.74, 6) is -0.0987. The largest absolute Gasteiger partial charge is 0.489 e. The highest BCUT2D eigenvalue weighted by Gasteiger charge is 2.12. The molecule has 0 aliphatic carbocycles. The predicted molar refractivity (Wildman–Crippen MR) is 123 cm³/mol. The zero-order valence-corrected chi connectivity index (χ0v) is 17.9. The predicted octanol–water partition coefficient (Wildman–Crippen LogP) is 6.03. The first-order chi connectivity index (χ1) is 15.4. The number of anilines is 1. The second-order valence-corrected chi connectivity index (χ2v) is 7.37. The Hall–Kier alpha value is -3.86. The van der Waals surface area contributed by atoms with E-state index in [2.05, 4.69) is 5.32 Å². The van der Waals surface area contributed by atoms with Gasteiger partial charge in [0.05, 0.1) is 4.92 Å². The standard InChI is InChI=1S/C23H15Cl2N3O4/c24-18-7-6-16(22(25)11-18)14-32-21-8-4-15(5-9-21)10-17(13-26)23(29)27-19-2-1-3-20(12-19)28(30)31/h1-12H,14H2,(H,27,29)/b17-10+. The number of nitro benzene ring substituents is 1. The summed E-state index contributed by atoms with van der Waals surface area (Å²) in [5.41, 5.74) is 1.28. The molecule has 0 saturated carbocycles. The summed E-state index contributed by atoms with van der Waals surface area (Å²) in [6, 6.07) is 19.2. The molecule has 0 unspecified atom stereocenters. The van der Waals surface area contributed by atoms with Crippen LogP contribution >= 0.6 is 23.2 Å². The Bertz CT molecular complexity index is 1230. The third-order valence-electron chi connectivity index (χ3n) is 4.28. The molecule has 0 bridgehead atoms. The maximum absolute atomic E-state index is 12.4. The lowest BCUT2D eigenvalue weighted by atomic mass is 10.1. The maximum atomic E-state index is 12.4. The molecular weight excluding hydrogens is 453 g/mol. The zero-order chi connectivity index (χ0) is 23.1. The number of nitriles is 1. The fraction of sp³-hybridized carbons (Fsp3) is 0.0435. The van der Waals surface area contributed by atoms with Gasteiger partial charge in [-0.1, -0.05) is 47.5 Å². The molecule has 0 fully saturated rings. The number of halogens is 2. The van der Waals surface area contributed by atoms with Crippen LogP contribution in [0.5, 0.6) is 5.75 Å². The highest BCUT2D eigenvalue weighted by molar-refractivity contribution is 6.35. The maximum Gasteiger partial charge on any atom is 0.271 e. The number of amides is 1. The third-order valence-corrected chi connectivity index (χ3v) is 4.87. The van der Waals surface area contributed by atoms with Crippen LogP contribution in [-0.4, -0.2) is 10.8 Å². The number of nitrogens with one attached hydrogen (secondary N) is 1. The summed E-state index contributed by atoms with van der Waals surface area (Å²) < 4.78 is 5.71. The van der Waals surface area contributed by atoms with Crippen LogP contribution in [0.1, 0.15) is 11.1 Å². The highest BCUT2D eigenvalue weighted by atomic mass is 35.5. The second-order valence-electron chi connectivity index (χ2n) is 6.52. The van der Waals surface area contributed by atoms with Gasteiger partial charge in [-0.15, -0.1) is 0 Å². The number of hydrogen-bond acceptors (Lipinski definition) is 5. The Morgan fingerprint density at radius 1 is 1.12 bits per heavy atom. The number of rotatable bonds is 7. The molecule has 32 heavy (non-hydrogen) atoms. The molecule has 0 atom stereocenters. The Balaban J connectivity index is 1.66. The van der Waals surface area contributed by atoms with Gasteiger partial charge >= 0.3 is 0 Å². The van der Waals surface area contributed by atoms with Gasteiger partial charge in [0.15, 0.2) is 0 Å². The van der Waals surface area contributed by atoms with E-state index in [0.29, 0.717) is 21.4 Å². The summed E-state index contributed by atoms with van der Waals surface area (Å²) >= 11 is 12.0. The van der Waals surface area contributed by atoms with Gasteiger partial charge in [-0.25, -0.2) is 0 Å². The molecule has 0 heterocycles. The van der Waals surface area contributed by atoms with Crippen LogP contribution in [0.25, 0.3) is 6.08 Å². The first-order valence-electron chi connectivity index (χ1n) is 9.20. The molecule has 3 aromatic carbocycles. The van der Waals surface area contributed by atoms with Gasteiger partial charge < -0.3 is 10.1 Å². The molecule has 1 amide bonds. The average molecular weight is 468 g/mol. The minimum atomic E-state index is -0.675. The van der Waals surface area contributed by atoms with E-state index in [1.54, 1.807) is 42.5 Å². The quantitative estimate of drug-likeness (QED) is 0.197. The lowest BCUT2D eigenvalue weighted by molar-refractivity contribution is -0.384. The van der Waals surface area contributed by atoms with Gasteiger partial charge in [0.2, 0.25) is 0 Å². The number of nitro groups is 1. The number of ether oxygens (including phenoxy) is 1. The number of carbonyl (C=O) groups excluding carboxylic acids is 1. The minimum Gasteiger partial charge on any atom is -0.489 e. The van der Waals surface area contributed by atoms with Gasteiger partial charge in [-0.2, -0.15) is 5.26 Å². The Kier molecular flexibility index (Phi) is 7.45. The van der Waals surface area contributed by atoms with Crippen molar-refractivity contribution in [1.29, 1.82) is 5.26 Å². The molecule has 0 aliphatic heterocycles. The minimum absolute atomic E-state index is 0.155. The van der Waals surface area contributed by atoms with Gasteiger partial charge in [0.1, 0.15) is 24.0 Å². The molecular formula is C23H15Cl2N3O4. The van der Waals surface area contributed by atoms with Crippen molar-refractivity contribution in [2.24, 2.45) is 0 Å². The van der Waals surface area contributed by atoms with E-state index in [9.17, 15) is 20.2 Å². The number of carbonyl (C=O) groups is 1. The SMILES string of the molecule is N#C/C(=C\c1ccc(OCc2ccc(Cl)cc2Cl)cc1)C(=O)Nc1cccc([N+](=O)[O-])c1. The Morgan fingerprint density at radius 3 is 2.53 bits per heavy atom. The van der Waals surface area contributed by atoms with Crippen LogP contribution in [0.3, 0.4) is 0 Å². The number of hydrogen-bond donors (Lipinski definition) is 1. The van der Waals surface area contributed by atoms with E-state index in [-0.39, 0.29) is 23.6 Å². The van der Waals surface area contributed by atoms with Crippen molar-refractivity contribution in [3.63, 3.8) is 0 Å². The Labute approximate surface area is 193 Å². The van der Waals surface area contributed by atoms with Gasteiger partial charge in [-0.3, -0.25) is 14.9 Å². The van der Waals surface area contributed by atoms with Gasteiger partial charge in [0, 0.05) is 33.4 Å². The molecule has 0 aliphatic rings. The Morgan fingerprint density at radius 2 is 1.88 bits per heavy atom. The fourth-order valence-electron chi connectivity index (χ4n) is 2.67. The van der Waals surface area contributed by atoms with E-state index < -0.39 is 10.8 Å². The molecule has 0 spiro atoms. The van der Waals surface area contributed by atoms with Crippen molar-refractivity contribution >= 4 is 46.6 Å². The van der Waals surface area contributed by atoms with Crippen LogP contribution in [0, 0.1) is 21.4 Å². The third kappa shape index (κ3) is 6.08. The lowest BCUT2D eigenvalue weighted by Crippen LogP contribution is -2.13. The highest BCUT2D eigenvalue weighted by Crippen LogP contribution is 2.23. The van der Waals surface area contributed by atoms with E-state index in [1.165, 1.54) is 30.3 Å².